The van der Waals surface area contributed by atoms with E-state index in [1.54, 1.807) is 17.5 Å². The van der Waals surface area contributed by atoms with E-state index in [4.69, 9.17) is 4.98 Å². The van der Waals surface area contributed by atoms with Gasteiger partial charge in [-0.25, -0.2) is 9.97 Å². The van der Waals surface area contributed by atoms with Gasteiger partial charge in [0.15, 0.2) is 0 Å². The fourth-order valence-corrected chi connectivity index (χ4v) is 3.99. The fraction of sp³-hybridized carbons (Fsp3) is 0.0476. The molecular weight excluding hydrogens is 354 g/mol. The van der Waals surface area contributed by atoms with Crippen LogP contribution in [0.3, 0.4) is 0 Å². The first-order valence-corrected chi connectivity index (χ1v) is 9.36. The maximum atomic E-state index is 4.89. The van der Waals surface area contributed by atoms with Gasteiger partial charge in [-0.1, -0.05) is 6.07 Å². The first kappa shape index (κ1) is 15.8. The summed E-state index contributed by atoms with van der Waals surface area (Å²) in [6.07, 6.45) is 7.28. The molecule has 5 rings (SSSR count). The number of hydrogen-bond donors (Lipinski definition) is 0. The van der Waals surface area contributed by atoms with Crippen molar-refractivity contribution in [3.8, 4) is 32.5 Å². The molecule has 5 nitrogen and oxygen atoms in total. The van der Waals surface area contributed by atoms with Crippen molar-refractivity contribution in [1.29, 1.82) is 0 Å². The van der Waals surface area contributed by atoms with Crippen molar-refractivity contribution in [1.82, 2.24) is 24.5 Å². The Morgan fingerprint density at radius 2 is 1.85 bits per heavy atom. The summed E-state index contributed by atoms with van der Waals surface area (Å²) in [6, 6.07) is 16.1. The van der Waals surface area contributed by atoms with Crippen LogP contribution < -0.4 is 0 Å². The van der Waals surface area contributed by atoms with Gasteiger partial charge in [0.2, 0.25) is 0 Å². The molecular formula is C21H15N5S. The number of nitrogens with zero attached hydrogens (tertiary/aromatic N) is 5. The van der Waals surface area contributed by atoms with Crippen LogP contribution in [0.25, 0.3) is 43.6 Å². The third-order valence-electron chi connectivity index (χ3n) is 4.47. The molecule has 5 aromatic rings. The lowest BCUT2D eigenvalue weighted by atomic mass is 10.2. The number of rotatable bonds is 3. The van der Waals surface area contributed by atoms with Crippen LogP contribution >= 0.6 is 11.3 Å². The summed E-state index contributed by atoms with van der Waals surface area (Å²) in [5.74, 6) is 0. The summed E-state index contributed by atoms with van der Waals surface area (Å²) >= 11 is 1.62. The van der Waals surface area contributed by atoms with E-state index in [9.17, 15) is 0 Å². The van der Waals surface area contributed by atoms with Crippen LogP contribution in [-0.2, 0) is 7.05 Å². The van der Waals surface area contributed by atoms with E-state index in [0.717, 1.165) is 43.6 Å². The van der Waals surface area contributed by atoms with Gasteiger partial charge in [-0.2, -0.15) is 0 Å². The molecule has 0 aromatic carbocycles. The molecule has 0 radical (unpaired) electrons. The first-order chi connectivity index (χ1) is 13.3. The van der Waals surface area contributed by atoms with Gasteiger partial charge in [0.25, 0.3) is 0 Å². The highest BCUT2D eigenvalue weighted by molar-refractivity contribution is 7.18. The Kier molecular flexibility index (Phi) is 3.76. The van der Waals surface area contributed by atoms with Gasteiger partial charge in [0.05, 0.1) is 22.0 Å². The van der Waals surface area contributed by atoms with Crippen LogP contribution in [0.4, 0.5) is 0 Å². The van der Waals surface area contributed by atoms with Crippen LogP contribution in [0.2, 0.25) is 0 Å². The summed E-state index contributed by atoms with van der Waals surface area (Å²) < 4.78 is 2.09. The third kappa shape index (κ3) is 2.80. The lowest BCUT2D eigenvalue weighted by Gasteiger charge is -2.03. The monoisotopic (exact) mass is 369 g/mol. The predicted molar refractivity (Wildman–Crippen MR) is 108 cm³/mol. The van der Waals surface area contributed by atoms with Gasteiger partial charge < -0.3 is 4.57 Å². The van der Waals surface area contributed by atoms with Crippen molar-refractivity contribution in [3.05, 3.63) is 73.3 Å². The van der Waals surface area contributed by atoms with Gasteiger partial charge in [0.1, 0.15) is 10.7 Å². The van der Waals surface area contributed by atoms with Crippen LogP contribution in [-0.4, -0.2) is 24.5 Å². The SMILES string of the molecule is Cn1c(-c2ccccn2)cc2ccc(-c3cnc(-c4cccnc4)s3)nc21. The minimum Gasteiger partial charge on any atom is -0.327 e. The molecule has 0 atom stereocenters. The average Bonchev–Trinajstić information content (AvgIpc) is 3.35. The van der Waals surface area contributed by atoms with Crippen LogP contribution in [0.5, 0.6) is 0 Å². The zero-order valence-corrected chi connectivity index (χ0v) is 15.4. The molecule has 0 aliphatic rings. The Bertz CT molecular complexity index is 1230. The standard InChI is InChI=1S/C21H15N5S/c1-26-18(16-6-2-3-10-23-16)11-14-7-8-17(25-20(14)26)19-13-24-21(27-19)15-5-4-9-22-12-15/h2-13H,1H3. The Labute approximate surface area is 160 Å². The van der Waals surface area contributed by atoms with E-state index in [1.807, 2.05) is 62.0 Å². The van der Waals surface area contributed by atoms with E-state index >= 15 is 0 Å². The Morgan fingerprint density at radius 1 is 0.889 bits per heavy atom. The molecule has 0 saturated heterocycles. The first-order valence-electron chi connectivity index (χ1n) is 8.54. The van der Waals surface area contributed by atoms with E-state index < -0.39 is 0 Å². The molecule has 0 saturated carbocycles. The highest BCUT2D eigenvalue weighted by Gasteiger charge is 2.13. The molecule has 0 aliphatic heterocycles. The molecule has 0 aliphatic carbocycles. The molecule has 0 spiro atoms. The molecule has 130 valence electrons. The van der Waals surface area contributed by atoms with Crippen molar-refractivity contribution >= 4 is 22.4 Å². The molecule has 0 amide bonds. The van der Waals surface area contributed by atoms with Gasteiger partial charge in [0, 0.05) is 42.8 Å². The number of fused-ring (bicyclic) bond motifs is 1. The highest BCUT2D eigenvalue weighted by Crippen LogP contribution is 2.32. The lowest BCUT2D eigenvalue weighted by Crippen LogP contribution is -1.95. The second-order valence-electron chi connectivity index (χ2n) is 6.18. The minimum atomic E-state index is 0.920. The van der Waals surface area contributed by atoms with E-state index in [-0.39, 0.29) is 0 Å². The second-order valence-corrected chi connectivity index (χ2v) is 7.21. The molecule has 0 bridgehead atoms. The Balaban J connectivity index is 1.58. The quantitative estimate of drug-likeness (QED) is 0.457. The smallest absolute Gasteiger partial charge is 0.140 e. The molecule has 0 N–H and O–H groups in total. The molecule has 6 heteroatoms. The van der Waals surface area contributed by atoms with Crippen LogP contribution in [0.15, 0.2) is 73.3 Å². The molecule has 0 fully saturated rings. The molecule has 0 unspecified atom stereocenters. The van der Waals surface area contributed by atoms with Crippen molar-refractivity contribution in [3.63, 3.8) is 0 Å². The Morgan fingerprint density at radius 3 is 2.67 bits per heavy atom. The number of aromatic nitrogens is 5. The fourth-order valence-electron chi connectivity index (χ4n) is 3.11. The summed E-state index contributed by atoms with van der Waals surface area (Å²) in [5.41, 5.74) is 4.87. The largest absolute Gasteiger partial charge is 0.327 e. The maximum Gasteiger partial charge on any atom is 0.140 e. The normalized spacial score (nSPS) is 11.1. The van der Waals surface area contributed by atoms with Crippen molar-refractivity contribution in [2.75, 3.05) is 0 Å². The number of pyridine rings is 3. The number of aryl methyl sites for hydroxylation is 1. The van der Waals surface area contributed by atoms with Crippen molar-refractivity contribution < 1.29 is 0 Å². The zero-order chi connectivity index (χ0) is 18.2. The van der Waals surface area contributed by atoms with E-state index in [1.165, 1.54) is 0 Å². The summed E-state index contributed by atoms with van der Waals surface area (Å²) in [5, 5.41) is 2.04. The maximum absolute atomic E-state index is 4.89. The zero-order valence-electron chi connectivity index (χ0n) is 14.6. The predicted octanol–water partition coefficient (Wildman–Crippen LogP) is 4.82. The minimum absolute atomic E-state index is 0.920. The topological polar surface area (TPSA) is 56.5 Å². The number of thiazole rings is 1. The molecule has 5 heterocycles. The van der Waals surface area contributed by atoms with E-state index in [0.29, 0.717) is 0 Å². The van der Waals surface area contributed by atoms with Gasteiger partial charge >= 0.3 is 0 Å². The van der Waals surface area contributed by atoms with Gasteiger partial charge in [-0.15, -0.1) is 11.3 Å². The average molecular weight is 369 g/mol. The van der Waals surface area contributed by atoms with Gasteiger partial charge in [-0.05, 0) is 42.5 Å². The summed E-state index contributed by atoms with van der Waals surface area (Å²) in [6.45, 7) is 0. The molecule has 5 aromatic heterocycles. The Hall–Kier alpha value is -3.38. The van der Waals surface area contributed by atoms with Crippen molar-refractivity contribution in [2.24, 2.45) is 7.05 Å². The molecule has 27 heavy (non-hydrogen) atoms. The summed E-state index contributed by atoms with van der Waals surface area (Å²) in [7, 11) is 2.02. The highest BCUT2D eigenvalue weighted by atomic mass is 32.1. The van der Waals surface area contributed by atoms with E-state index in [2.05, 4.69) is 31.7 Å². The van der Waals surface area contributed by atoms with Gasteiger partial charge in [-0.3, -0.25) is 9.97 Å². The van der Waals surface area contributed by atoms with Crippen molar-refractivity contribution in [2.45, 2.75) is 0 Å². The second kappa shape index (κ2) is 6.41. The lowest BCUT2D eigenvalue weighted by molar-refractivity contribution is 0.951. The van der Waals surface area contributed by atoms with Crippen LogP contribution in [0, 0.1) is 0 Å². The van der Waals surface area contributed by atoms with Crippen LogP contribution in [0.1, 0.15) is 0 Å². The number of hydrogen-bond acceptors (Lipinski definition) is 5. The summed E-state index contributed by atoms with van der Waals surface area (Å²) in [4.78, 5) is 19.1. The third-order valence-corrected chi connectivity index (χ3v) is 5.54.